The Morgan fingerprint density at radius 2 is 2.07 bits per heavy atom. The number of fused-ring (bicyclic) bond motifs is 1. The van der Waals surface area contributed by atoms with Crippen LogP contribution in [-0.4, -0.2) is 54.4 Å². The predicted octanol–water partition coefficient (Wildman–Crippen LogP) is -0.301. The zero-order chi connectivity index (χ0) is 10.3. The molecule has 2 heterocycles. The molecule has 0 aliphatic carbocycles. The summed E-state index contributed by atoms with van der Waals surface area (Å²) in [6.07, 6.45) is 0.646. The Morgan fingerprint density at radius 3 is 2.79 bits per heavy atom. The van der Waals surface area contributed by atoms with Gasteiger partial charge in [-0.05, 0) is 0 Å². The lowest BCUT2D eigenvalue weighted by molar-refractivity contribution is -0.132. The van der Waals surface area contributed by atoms with Crippen molar-refractivity contribution in [1.82, 2.24) is 9.80 Å². The molecule has 2 unspecified atom stereocenters. The van der Waals surface area contributed by atoms with Crippen molar-refractivity contribution in [3.8, 4) is 0 Å². The summed E-state index contributed by atoms with van der Waals surface area (Å²) in [5.41, 5.74) is 0. The molecular formula is C7H9N5O2. The van der Waals surface area contributed by atoms with Crippen molar-refractivity contribution >= 4 is 18.3 Å². The molecule has 7 nitrogen and oxygen atoms in total. The van der Waals surface area contributed by atoms with E-state index in [1.807, 2.05) is 0 Å². The molecule has 14 heavy (non-hydrogen) atoms. The van der Waals surface area contributed by atoms with E-state index in [-0.39, 0.29) is 11.9 Å². The zero-order valence-corrected chi connectivity index (χ0v) is 7.78. The molecule has 0 aromatic carbocycles. The van der Waals surface area contributed by atoms with Crippen molar-refractivity contribution in [3.05, 3.63) is 0 Å². The van der Waals surface area contributed by atoms with E-state index in [0.29, 0.717) is 0 Å². The van der Waals surface area contributed by atoms with Crippen LogP contribution in [0.25, 0.3) is 0 Å². The number of carbonyl (C=O) groups is 2. The minimum atomic E-state index is -0.639. The molecule has 7 heteroatoms. The Morgan fingerprint density at radius 1 is 1.36 bits per heavy atom. The smallest absolute Gasteiger partial charge is 0.301 e. The number of azo groups is 1. The van der Waals surface area contributed by atoms with Gasteiger partial charge in [0, 0.05) is 14.1 Å². The van der Waals surface area contributed by atoms with E-state index in [1.165, 1.54) is 18.3 Å². The largest absolute Gasteiger partial charge is 0.328 e. The number of hydrogen-bond acceptors (Lipinski definition) is 5. The van der Waals surface area contributed by atoms with Crippen LogP contribution in [0, 0.1) is 0 Å². The van der Waals surface area contributed by atoms with Gasteiger partial charge in [0.2, 0.25) is 0 Å². The summed E-state index contributed by atoms with van der Waals surface area (Å²) < 4.78 is 0. The first-order valence-corrected chi connectivity index (χ1v) is 4.09. The number of carbonyl (C=O) groups excluding carboxylic acids is 2. The Labute approximate surface area is 80.1 Å². The maximum Gasteiger partial charge on any atom is 0.328 e. The van der Waals surface area contributed by atoms with Crippen LogP contribution in [0.5, 0.6) is 0 Å². The first-order chi connectivity index (χ1) is 6.63. The van der Waals surface area contributed by atoms with Crippen LogP contribution in [0.2, 0.25) is 0 Å². The van der Waals surface area contributed by atoms with Crippen LogP contribution < -0.4 is 0 Å². The Kier molecular flexibility index (Phi) is 1.80. The van der Waals surface area contributed by atoms with Gasteiger partial charge in [0.05, 0.1) is 0 Å². The summed E-state index contributed by atoms with van der Waals surface area (Å²) in [5, 5.41) is 7.38. The Balaban J connectivity index is 2.36. The highest BCUT2D eigenvalue weighted by atomic mass is 16.2. The first kappa shape index (κ1) is 8.79. The lowest BCUT2D eigenvalue weighted by Crippen LogP contribution is -2.60. The zero-order valence-electron chi connectivity index (χ0n) is 7.78. The fourth-order valence-electron chi connectivity index (χ4n) is 1.46. The predicted molar refractivity (Wildman–Crippen MR) is 46.9 cm³/mol. The minimum absolute atomic E-state index is 0.340. The molecule has 2 aliphatic heterocycles. The molecular weight excluding hydrogens is 186 g/mol. The number of nitrogens with zero attached hydrogens (tertiary/aromatic N) is 5. The van der Waals surface area contributed by atoms with Gasteiger partial charge >= 0.3 is 6.03 Å². The Hall–Kier alpha value is -1.79. The highest BCUT2D eigenvalue weighted by Crippen LogP contribution is 2.20. The maximum absolute atomic E-state index is 11.6. The standard InChI is InChI=1S/C7H9N5O2/c1-11-5-4(8-3-9-10-5)6(13)12(2)7(11)14/h3-5H,1-2H3. The van der Waals surface area contributed by atoms with Crippen molar-refractivity contribution < 1.29 is 9.59 Å². The van der Waals surface area contributed by atoms with Gasteiger partial charge < -0.3 is 4.90 Å². The molecule has 2 atom stereocenters. The fourth-order valence-corrected chi connectivity index (χ4v) is 1.46. The molecule has 0 bridgehead atoms. The van der Waals surface area contributed by atoms with E-state index in [9.17, 15) is 9.59 Å². The molecule has 0 aromatic heterocycles. The van der Waals surface area contributed by atoms with Gasteiger partial charge in [0.1, 0.15) is 6.34 Å². The lowest BCUT2D eigenvalue weighted by Gasteiger charge is -2.37. The normalized spacial score (nSPS) is 31.0. The molecule has 0 spiro atoms. The monoisotopic (exact) mass is 195 g/mol. The van der Waals surface area contributed by atoms with Gasteiger partial charge in [-0.3, -0.25) is 14.7 Å². The molecule has 3 amide bonds. The molecule has 1 saturated heterocycles. The average Bonchev–Trinajstić information content (AvgIpc) is 2.23. The third kappa shape index (κ3) is 1.02. The molecule has 2 rings (SSSR count). The summed E-state index contributed by atoms with van der Waals surface area (Å²) in [5.74, 6) is -0.340. The fraction of sp³-hybridized carbons (Fsp3) is 0.571. The molecule has 1 fully saturated rings. The van der Waals surface area contributed by atoms with Crippen molar-refractivity contribution in [2.45, 2.75) is 12.2 Å². The van der Waals surface area contributed by atoms with Gasteiger partial charge in [-0.25, -0.2) is 4.79 Å². The number of hydrogen-bond donors (Lipinski definition) is 0. The lowest BCUT2D eigenvalue weighted by atomic mass is 10.1. The van der Waals surface area contributed by atoms with Gasteiger partial charge in [-0.2, -0.15) is 5.11 Å². The van der Waals surface area contributed by atoms with E-state index >= 15 is 0 Å². The van der Waals surface area contributed by atoms with Crippen molar-refractivity contribution in [2.24, 2.45) is 15.2 Å². The summed E-state index contributed by atoms with van der Waals surface area (Å²) in [4.78, 5) is 29.3. The van der Waals surface area contributed by atoms with Crippen molar-refractivity contribution in [3.63, 3.8) is 0 Å². The first-order valence-electron chi connectivity index (χ1n) is 4.09. The molecule has 0 saturated carbocycles. The third-order valence-electron chi connectivity index (χ3n) is 2.32. The van der Waals surface area contributed by atoms with Gasteiger partial charge in [0.15, 0.2) is 12.2 Å². The van der Waals surface area contributed by atoms with Crippen molar-refractivity contribution in [1.29, 1.82) is 0 Å². The molecule has 74 valence electrons. The molecule has 0 aromatic rings. The van der Waals surface area contributed by atoms with Gasteiger partial charge in [0.25, 0.3) is 5.91 Å². The van der Waals surface area contributed by atoms with E-state index < -0.39 is 12.2 Å². The summed E-state index contributed by atoms with van der Waals surface area (Å²) in [6.45, 7) is 0. The van der Waals surface area contributed by atoms with Crippen LogP contribution in [0.4, 0.5) is 4.79 Å². The van der Waals surface area contributed by atoms with E-state index in [4.69, 9.17) is 0 Å². The number of amides is 3. The molecule has 2 aliphatic rings. The van der Waals surface area contributed by atoms with Gasteiger partial charge in [-0.1, -0.05) is 0 Å². The Bertz CT molecular complexity index is 350. The second-order valence-electron chi connectivity index (χ2n) is 3.14. The second-order valence-corrected chi connectivity index (χ2v) is 3.14. The van der Waals surface area contributed by atoms with Gasteiger partial charge in [-0.15, -0.1) is 5.11 Å². The van der Waals surface area contributed by atoms with Crippen molar-refractivity contribution in [2.75, 3.05) is 14.1 Å². The average molecular weight is 195 g/mol. The van der Waals surface area contributed by atoms with Crippen LogP contribution in [-0.2, 0) is 4.79 Å². The maximum atomic E-state index is 11.6. The van der Waals surface area contributed by atoms with E-state index in [0.717, 1.165) is 4.90 Å². The van der Waals surface area contributed by atoms with E-state index in [2.05, 4.69) is 15.2 Å². The third-order valence-corrected chi connectivity index (χ3v) is 2.32. The quantitative estimate of drug-likeness (QED) is 0.532. The van der Waals surface area contributed by atoms with Crippen LogP contribution >= 0.6 is 0 Å². The van der Waals surface area contributed by atoms with Crippen LogP contribution in [0.3, 0.4) is 0 Å². The highest BCUT2D eigenvalue weighted by Gasteiger charge is 2.44. The molecule has 0 N–H and O–H groups in total. The SMILES string of the molecule is CN1C(=O)C2N=CN=NC2N(C)C1=O. The number of aliphatic imine (C=N–C) groups is 1. The number of imide groups is 1. The summed E-state index contributed by atoms with van der Waals surface area (Å²) in [7, 11) is 3.00. The highest BCUT2D eigenvalue weighted by molar-refractivity contribution is 6.00. The molecule has 0 radical (unpaired) electrons. The second kappa shape index (κ2) is 2.86. The van der Waals surface area contributed by atoms with Crippen LogP contribution in [0.15, 0.2) is 15.2 Å². The number of rotatable bonds is 0. The van der Waals surface area contributed by atoms with E-state index in [1.54, 1.807) is 7.05 Å². The van der Waals surface area contributed by atoms with Crippen LogP contribution in [0.1, 0.15) is 0 Å². The number of likely N-dealkylation sites (N-methyl/N-ethyl adjacent to an activating group) is 2. The summed E-state index contributed by atoms with van der Waals surface area (Å²) in [6, 6.07) is -1.02. The number of urea groups is 1. The summed E-state index contributed by atoms with van der Waals surface area (Å²) >= 11 is 0. The minimum Gasteiger partial charge on any atom is -0.301 e. The topological polar surface area (TPSA) is 77.7 Å².